The third kappa shape index (κ3) is 2.48. The predicted molar refractivity (Wildman–Crippen MR) is 70.5 cm³/mol. The summed E-state index contributed by atoms with van der Waals surface area (Å²) in [6, 6.07) is 6.05. The molecule has 0 saturated carbocycles. The molecule has 0 heterocycles. The molecule has 2 N–H and O–H groups in total. The van der Waals surface area contributed by atoms with Crippen molar-refractivity contribution in [1.82, 2.24) is 4.90 Å². The van der Waals surface area contributed by atoms with Gasteiger partial charge in [-0.2, -0.15) is 0 Å². The maximum atomic E-state index is 11.7. The minimum Gasteiger partial charge on any atom is -0.481 e. The first-order chi connectivity index (χ1) is 8.49. The number of aryl methyl sites for hydroxylation is 1. The van der Waals surface area contributed by atoms with E-state index >= 15 is 0 Å². The van der Waals surface area contributed by atoms with Crippen molar-refractivity contribution in [2.75, 3.05) is 14.1 Å². The molecule has 1 unspecified atom stereocenters. The topological polar surface area (TPSA) is 55.6 Å². The van der Waals surface area contributed by atoms with E-state index in [-0.39, 0.29) is 11.9 Å². The summed E-state index contributed by atoms with van der Waals surface area (Å²) >= 11 is 0. The van der Waals surface area contributed by atoms with Gasteiger partial charge in [0.05, 0.1) is 0 Å². The van der Waals surface area contributed by atoms with Gasteiger partial charge in [0.2, 0.25) is 0 Å². The Kier molecular flexibility index (Phi) is 3.57. The maximum absolute atomic E-state index is 11.7. The minimum absolute atomic E-state index is 0.0350. The molecule has 1 amide bonds. The second-order valence-corrected chi connectivity index (χ2v) is 5.00. The van der Waals surface area contributed by atoms with Crippen molar-refractivity contribution in [3.05, 3.63) is 29.3 Å². The van der Waals surface area contributed by atoms with Gasteiger partial charge < -0.3 is 15.4 Å². The van der Waals surface area contributed by atoms with Crippen LogP contribution in [0.1, 0.15) is 30.5 Å². The Morgan fingerprint density at radius 1 is 1.50 bits per heavy atom. The van der Waals surface area contributed by atoms with Gasteiger partial charge in [-0.05, 0) is 43.0 Å². The van der Waals surface area contributed by atoms with Crippen LogP contribution in [-0.2, 0) is 11.2 Å². The highest BCUT2D eigenvalue weighted by atomic mass is 16.5. The molecule has 98 valence electrons. The highest BCUT2D eigenvalue weighted by Gasteiger charge is 2.21. The summed E-state index contributed by atoms with van der Waals surface area (Å²) in [7, 11) is 3.45. The molecule has 0 bridgehead atoms. The maximum Gasteiger partial charge on any atom is 0.262 e. The average molecular weight is 248 g/mol. The Morgan fingerprint density at radius 3 is 2.89 bits per heavy atom. The number of rotatable bonds is 3. The quantitative estimate of drug-likeness (QED) is 0.881. The number of hydrogen-bond acceptors (Lipinski definition) is 3. The molecular weight excluding hydrogens is 228 g/mol. The van der Waals surface area contributed by atoms with E-state index in [1.807, 2.05) is 18.2 Å². The van der Waals surface area contributed by atoms with Gasteiger partial charge in [-0.3, -0.25) is 4.79 Å². The standard InChI is InChI=1S/C14H20N2O2/c1-9(14(17)16(2)3)18-11-5-6-12-10(8-11)4-7-13(12)15/h5-6,8-9,13H,4,7,15H2,1-3H3/t9?,13-/m0/s1. The lowest BCUT2D eigenvalue weighted by molar-refractivity contribution is -0.135. The molecule has 2 rings (SSSR count). The van der Waals surface area contributed by atoms with Crippen LogP contribution in [-0.4, -0.2) is 31.0 Å². The van der Waals surface area contributed by atoms with Crippen molar-refractivity contribution in [2.45, 2.75) is 31.9 Å². The molecule has 1 aromatic rings. The second-order valence-electron chi connectivity index (χ2n) is 5.00. The van der Waals surface area contributed by atoms with Crippen molar-refractivity contribution in [1.29, 1.82) is 0 Å². The molecule has 1 aromatic carbocycles. The van der Waals surface area contributed by atoms with Crippen LogP contribution >= 0.6 is 0 Å². The van der Waals surface area contributed by atoms with E-state index in [0.29, 0.717) is 0 Å². The molecule has 4 heteroatoms. The number of nitrogens with two attached hydrogens (primary N) is 1. The minimum atomic E-state index is -0.465. The van der Waals surface area contributed by atoms with Crippen LogP contribution in [0.5, 0.6) is 5.75 Å². The molecule has 0 fully saturated rings. The number of fused-ring (bicyclic) bond motifs is 1. The van der Waals surface area contributed by atoms with Crippen LogP contribution in [0.25, 0.3) is 0 Å². The lowest BCUT2D eigenvalue weighted by Crippen LogP contribution is -2.35. The van der Waals surface area contributed by atoms with Gasteiger partial charge in [-0.25, -0.2) is 0 Å². The normalized spacial score (nSPS) is 19.2. The van der Waals surface area contributed by atoms with E-state index in [9.17, 15) is 4.79 Å². The van der Waals surface area contributed by atoms with Crippen LogP contribution in [0, 0.1) is 0 Å². The monoisotopic (exact) mass is 248 g/mol. The molecular formula is C14H20N2O2. The van der Waals surface area contributed by atoms with E-state index in [0.717, 1.165) is 18.6 Å². The fraction of sp³-hybridized carbons (Fsp3) is 0.500. The third-order valence-electron chi connectivity index (χ3n) is 3.34. The van der Waals surface area contributed by atoms with Gasteiger partial charge in [0.1, 0.15) is 5.75 Å². The Labute approximate surface area is 108 Å². The number of nitrogens with zero attached hydrogens (tertiary/aromatic N) is 1. The first-order valence-corrected chi connectivity index (χ1v) is 6.25. The summed E-state index contributed by atoms with van der Waals surface area (Å²) in [6.45, 7) is 1.77. The number of carbonyl (C=O) groups excluding carboxylic acids is 1. The molecule has 0 aromatic heterocycles. The summed E-state index contributed by atoms with van der Waals surface area (Å²) < 4.78 is 5.67. The smallest absolute Gasteiger partial charge is 0.262 e. The fourth-order valence-corrected chi connectivity index (χ4v) is 2.32. The van der Waals surface area contributed by atoms with E-state index in [1.165, 1.54) is 16.0 Å². The zero-order chi connectivity index (χ0) is 13.3. The fourth-order valence-electron chi connectivity index (χ4n) is 2.32. The van der Waals surface area contributed by atoms with Gasteiger partial charge in [-0.1, -0.05) is 6.07 Å². The number of hydrogen-bond donors (Lipinski definition) is 1. The Hall–Kier alpha value is -1.55. The van der Waals surface area contributed by atoms with E-state index in [2.05, 4.69) is 0 Å². The van der Waals surface area contributed by atoms with Crippen molar-refractivity contribution in [3.8, 4) is 5.75 Å². The van der Waals surface area contributed by atoms with E-state index < -0.39 is 6.10 Å². The molecule has 18 heavy (non-hydrogen) atoms. The first-order valence-electron chi connectivity index (χ1n) is 6.25. The van der Waals surface area contributed by atoms with Crippen LogP contribution < -0.4 is 10.5 Å². The van der Waals surface area contributed by atoms with E-state index in [4.69, 9.17) is 10.5 Å². The Balaban J connectivity index is 2.09. The van der Waals surface area contributed by atoms with Gasteiger partial charge in [0, 0.05) is 20.1 Å². The van der Waals surface area contributed by atoms with Crippen molar-refractivity contribution >= 4 is 5.91 Å². The molecule has 0 spiro atoms. The van der Waals surface area contributed by atoms with Crippen LogP contribution in [0.15, 0.2) is 18.2 Å². The number of ether oxygens (including phenoxy) is 1. The van der Waals surface area contributed by atoms with Gasteiger partial charge in [-0.15, -0.1) is 0 Å². The van der Waals surface area contributed by atoms with Crippen LogP contribution in [0.2, 0.25) is 0 Å². The second kappa shape index (κ2) is 4.98. The van der Waals surface area contributed by atoms with Crippen molar-refractivity contribution in [2.24, 2.45) is 5.73 Å². The number of amides is 1. The molecule has 4 nitrogen and oxygen atoms in total. The van der Waals surface area contributed by atoms with Crippen molar-refractivity contribution in [3.63, 3.8) is 0 Å². The number of likely N-dealkylation sites (N-methyl/N-ethyl adjacent to an activating group) is 1. The number of benzene rings is 1. The molecule has 1 aliphatic rings. The van der Waals surface area contributed by atoms with Gasteiger partial charge in [0.25, 0.3) is 5.91 Å². The predicted octanol–water partition coefficient (Wildman–Crippen LogP) is 1.49. The molecule has 0 saturated heterocycles. The van der Waals surface area contributed by atoms with Crippen molar-refractivity contribution < 1.29 is 9.53 Å². The van der Waals surface area contributed by atoms with Gasteiger partial charge >= 0.3 is 0 Å². The van der Waals surface area contributed by atoms with Crippen LogP contribution in [0.4, 0.5) is 0 Å². The van der Waals surface area contributed by atoms with E-state index in [1.54, 1.807) is 21.0 Å². The molecule has 2 atom stereocenters. The highest BCUT2D eigenvalue weighted by Crippen LogP contribution is 2.32. The third-order valence-corrected chi connectivity index (χ3v) is 3.34. The average Bonchev–Trinajstić information content (AvgIpc) is 2.69. The zero-order valence-corrected chi connectivity index (χ0v) is 11.1. The highest BCUT2D eigenvalue weighted by molar-refractivity contribution is 5.80. The summed E-state index contributed by atoms with van der Waals surface area (Å²) in [4.78, 5) is 13.2. The molecule has 1 aliphatic carbocycles. The summed E-state index contributed by atoms with van der Waals surface area (Å²) in [5.41, 5.74) is 8.43. The van der Waals surface area contributed by atoms with Gasteiger partial charge in [0.15, 0.2) is 6.10 Å². The summed E-state index contributed by atoms with van der Waals surface area (Å²) in [6.07, 6.45) is 1.52. The summed E-state index contributed by atoms with van der Waals surface area (Å²) in [5, 5.41) is 0. The summed E-state index contributed by atoms with van der Waals surface area (Å²) in [5.74, 6) is 0.706. The first kappa shape index (κ1) is 12.9. The largest absolute Gasteiger partial charge is 0.481 e. The lowest BCUT2D eigenvalue weighted by Gasteiger charge is -2.18. The Morgan fingerprint density at radius 2 is 2.22 bits per heavy atom. The Bertz CT molecular complexity index is 457. The number of carbonyl (C=O) groups is 1. The van der Waals surface area contributed by atoms with Crippen LogP contribution in [0.3, 0.4) is 0 Å². The zero-order valence-electron chi connectivity index (χ0n) is 11.1. The molecule has 0 aliphatic heterocycles. The SMILES string of the molecule is CC(Oc1ccc2c(c1)CC[C@@H]2N)C(=O)N(C)C. The lowest BCUT2D eigenvalue weighted by atomic mass is 10.1. The molecule has 0 radical (unpaired) electrons.